The van der Waals surface area contributed by atoms with Crippen LogP contribution < -0.4 is 4.90 Å². The second kappa shape index (κ2) is 10.4. The molecule has 4 rings (SSSR count). The molecule has 0 aliphatic carbocycles. The van der Waals surface area contributed by atoms with E-state index in [9.17, 15) is 17.3 Å². The molecule has 0 saturated heterocycles. The van der Waals surface area contributed by atoms with Crippen molar-refractivity contribution >= 4 is 24.3 Å². The molecule has 0 radical (unpaired) electrons. The number of nitrogens with zero attached hydrogens (tertiary/aromatic N) is 1. The molecule has 0 aliphatic rings. The smallest absolute Gasteiger partial charge is 0.418 e. The second-order valence-corrected chi connectivity index (χ2v) is 8.33. The lowest BCUT2D eigenvalue weighted by atomic mass is 10.0. The third kappa shape index (κ3) is 6.92. The van der Waals surface area contributed by atoms with Gasteiger partial charge in [-0.25, -0.2) is 0 Å². The normalized spacial score (nSPS) is 10.8. The molecule has 0 amide bonds. The van der Waals surface area contributed by atoms with E-state index in [2.05, 4.69) is 116 Å². The van der Waals surface area contributed by atoms with E-state index in [1.165, 1.54) is 37.7 Å². The number of anilines is 1. The first-order chi connectivity index (χ1) is 15.2. The molecular weight excluding hydrogens is 433 g/mol. The monoisotopic (exact) mass is 455 g/mol. The highest BCUT2D eigenvalue weighted by molar-refractivity contribution is 7.18. The first-order valence-corrected chi connectivity index (χ1v) is 10.8. The van der Waals surface area contributed by atoms with Crippen LogP contribution in [0, 0.1) is 0 Å². The van der Waals surface area contributed by atoms with Crippen molar-refractivity contribution in [3.05, 3.63) is 97.1 Å². The van der Waals surface area contributed by atoms with Crippen molar-refractivity contribution in [3.63, 3.8) is 0 Å². The summed E-state index contributed by atoms with van der Waals surface area (Å²) in [6.45, 7) is 0. The summed E-state index contributed by atoms with van der Waals surface area (Å²) in [6, 6.07) is 34.6. The largest absolute Gasteiger partial charge is 0.673 e. The van der Waals surface area contributed by atoms with Crippen LogP contribution in [-0.4, -0.2) is 21.3 Å². The number of hydrogen-bond donors (Lipinski definition) is 0. The molecule has 0 fully saturated rings. The molecule has 0 atom stereocenters. The minimum absolute atomic E-state index is 1.21. The van der Waals surface area contributed by atoms with E-state index >= 15 is 0 Å². The molecule has 0 saturated carbocycles. The van der Waals surface area contributed by atoms with E-state index in [1.807, 2.05) is 11.3 Å². The van der Waals surface area contributed by atoms with Crippen LogP contribution in [0.2, 0.25) is 0 Å². The summed E-state index contributed by atoms with van der Waals surface area (Å²) < 4.78 is 39.0. The zero-order valence-electron chi connectivity index (χ0n) is 17.7. The topological polar surface area (TPSA) is 3.24 Å². The average Bonchev–Trinajstić information content (AvgIpc) is 2.79. The van der Waals surface area contributed by atoms with Gasteiger partial charge in [0.15, 0.2) is 0 Å². The number of benzene rings is 3. The molecule has 1 aromatic heterocycles. The maximum absolute atomic E-state index is 9.75. The lowest BCUT2D eigenvalue weighted by molar-refractivity contribution is 0.368. The Morgan fingerprint density at radius 2 is 1.22 bits per heavy atom. The molecule has 0 N–H and O–H groups in total. The summed E-state index contributed by atoms with van der Waals surface area (Å²) in [5.74, 6) is 0. The fraction of sp³-hybridized carbons (Fsp3) is 0.0800. The standard InChI is InChI=1S/C25H22NS.BF4/c1-26(2)23-15-13-19(14-16-23)22-17-24(20-9-5-3-6-10-20)27-25(18-22)21-11-7-4-8-12-21;2-1(3,4)5/h3-18H,1-2H3;/q+1;-1. The Kier molecular flexibility index (Phi) is 7.64. The molecule has 32 heavy (non-hydrogen) atoms. The van der Waals surface area contributed by atoms with Crippen molar-refractivity contribution in [2.75, 3.05) is 19.0 Å². The van der Waals surface area contributed by atoms with Crippen LogP contribution in [0.1, 0.15) is 0 Å². The van der Waals surface area contributed by atoms with Crippen LogP contribution >= 0.6 is 11.3 Å². The van der Waals surface area contributed by atoms with Crippen molar-refractivity contribution < 1.29 is 17.3 Å². The Labute approximate surface area is 189 Å². The van der Waals surface area contributed by atoms with Gasteiger partial charge in [-0.15, -0.1) is 0 Å². The van der Waals surface area contributed by atoms with Gasteiger partial charge in [-0.05, 0) is 54.6 Å². The van der Waals surface area contributed by atoms with Gasteiger partial charge in [0.1, 0.15) is 4.88 Å². The molecule has 7 heteroatoms. The van der Waals surface area contributed by atoms with E-state index in [0.29, 0.717) is 0 Å². The summed E-state index contributed by atoms with van der Waals surface area (Å²) in [5, 5.41) is 0. The third-order valence-corrected chi connectivity index (χ3v) is 5.77. The van der Waals surface area contributed by atoms with Crippen LogP contribution in [-0.2, 0) is 0 Å². The average molecular weight is 455 g/mol. The molecule has 3 aromatic carbocycles. The molecule has 4 aromatic rings. The number of rotatable bonds is 4. The molecule has 0 aliphatic heterocycles. The summed E-state index contributed by atoms with van der Waals surface area (Å²) in [7, 11) is -1.86. The highest BCUT2D eigenvalue weighted by atomic mass is 32.1. The Balaban J connectivity index is 0.000000523. The molecule has 1 nitrogen and oxygen atoms in total. The minimum Gasteiger partial charge on any atom is -0.418 e. The van der Waals surface area contributed by atoms with Gasteiger partial charge in [0, 0.05) is 60.7 Å². The lowest BCUT2D eigenvalue weighted by Gasteiger charge is -2.12. The van der Waals surface area contributed by atoms with Gasteiger partial charge in [-0.2, -0.15) is 0 Å². The van der Waals surface area contributed by atoms with E-state index in [-0.39, 0.29) is 0 Å². The predicted octanol–water partition coefficient (Wildman–Crippen LogP) is 8.40. The van der Waals surface area contributed by atoms with Crippen molar-refractivity contribution in [1.82, 2.24) is 0 Å². The molecule has 0 unspecified atom stereocenters. The number of hydrogen-bond acceptors (Lipinski definition) is 2. The first-order valence-electron chi connectivity index (χ1n) is 9.95. The van der Waals surface area contributed by atoms with Crippen LogP contribution in [0.5, 0.6) is 0 Å². The van der Waals surface area contributed by atoms with Crippen molar-refractivity contribution in [2.45, 2.75) is 0 Å². The zero-order chi connectivity index (χ0) is 23.1. The summed E-state index contributed by atoms with van der Waals surface area (Å²) in [4.78, 5) is 4.69. The quantitative estimate of drug-likeness (QED) is 0.170. The number of halogens is 4. The van der Waals surface area contributed by atoms with E-state index in [0.717, 1.165) is 0 Å². The highest BCUT2D eigenvalue weighted by Crippen LogP contribution is 2.37. The Bertz CT molecular complexity index is 1070. The minimum atomic E-state index is -6.00. The lowest BCUT2D eigenvalue weighted by Crippen LogP contribution is -2.07. The Morgan fingerprint density at radius 3 is 1.75 bits per heavy atom. The summed E-state index contributed by atoms with van der Waals surface area (Å²) in [6.07, 6.45) is 0. The van der Waals surface area contributed by atoms with Gasteiger partial charge in [0.05, 0.1) is 10.4 Å². The van der Waals surface area contributed by atoms with Gasteiger partial charge in [0.25, 0.3) is 0 Å². The molecule has 164 valence electrons. The van der Waals surface area contributed by atoms with Crippen molar-refractivity contribution in [2.24, 2.45) is 0 Å². The third-order valence-electron chi connectivity index (χ3n) is 4.63. The van der Waals surface area contributed by atoms with Gasteiger partial charge < -0.3 is 22.2 Å². The maximum Gasteiger partial charge on any atom is 0.673 e. The van der Waals surface area contributed by atoms with E-state index in [4.69, 9.17) is 0 Å². The predicted molar refractivity (Wildman–Crippen MR) is 130 cm³/mol. The second-order valence-electron chi connectivity index (χ2n) is 7.24. The van der Waals surface area contributed by atoms with Crippen LogP contribution in [0.4, 0.5) is 23.0 Å². The van der Waals surface area contributed by atoms with Gasteiger partial charge in [-0.3, -0.25) is 0 Å². The highest BCUT2D eigenvalue weighted by Gasteiger charge is 2.20. The first kappa shape index (κ1) is 23.5. The summed E-state index contributed by atoms with van der Waals surface area (Å²) >= 11 is 1.84. The summed E-state index contributed by atoms with van der Waals surface area (Å²) in [5.41, 5.74) is 6.21. The van der Waals surface area contributed by atoms with E-state index < -0.39 is 7.25 Å². The van der Waals surface area contributed by atoms with Crippen molar-refractivity contribution in [3.8, 4) is 32.0 Å². The maximum atomic E-state index is 9.75. The van der Waals surface area contributed by atoms with Gasteiger partial charge in [-0.1, -0.05) is 29.5 Å². The van der Waals surface area contributed by atoms with Crippen LogP contribution in [0.15, 0.2) is 97.1 Å². The van der Waals surface area contributed by atoms with E-state index in [1.54, 1.807) is 0 Å². The van der Waals surface area contributed by atoms with Crippen LogP contribution in [0.25, 0.3) is 32.0 Å². The fourth-order valence-corrected chi connectivity index (χ4v) is 4.23. The molecule has 0 spiro atoms. The zero-order valence-corrected chi connectivity index (χ0v) is 18.5. The van der Waals surface area contributed by atoms with Crippen LogP contribution in [0.3, 0.4) is 0 Å². The Morgan fingerprint density at radius 1 is 0.688 bits per heavy atom. The Hall–Kier alpha value is -3.19. The SMILES string of the molecule is CN(C)c1ccc(-c2cc(-c3ccccc3)s[c+](-c3ccccc3)c2)cc1.F[B-](F)(F)F. The molecule has 1 heterocycles. The fourth-order valence-electron chi connectivity index (χ4n) is 3.11. The molecular formula is C25H22BF4NS. The van der Waals surface area contributed by atoms with Gasteiger partial charge in [0.2, 0.25) is 0 Å². The van der Waals surface area contributed by atoms with Gasteiger partial charge >= 0.3 is 7.25 Å². The molecule has 0 bridgehead atoms. The van der Waals surface area contributed by atoms with Crippen molar-refractivity contribution in [1.29, 1.82) is 0 Å².